The zero-order valence-corrected chi connectivity index (χ0v) is 12.9. The fraction of sp³-hybridized carbons (Fsp3) is 1.00. The molecule has 0 radical (unpaired) electrons. The zero-order chi connectivity index (χ0) is 13.2. The summed E-state index contributed by atoms with van der Waals surface area (Å²) >= 11 is 2.08. The van der Waals surface area contributed by atoms with E-state index in [1.807, 2.05) is 0 Å². The molecule has 2 fully saturated rings. The van der Waals surface area contributed by atoms with Crippen LogP contribution < -0.4 is 5.73 Å². The van der Waals surface area contributed by atoms with Crippen molar-refractivity contribution in [2.45, 2.75) is 56.7 Å². The highest BCUT2D eigenvalue weighted by Gasteiger charge is 2.46. The fourth-order valence-corrected chi connectivity index (χ4v) is 4.65. The lowest BCUT2D eigenvalue weighted by atomic mass is 9.77. The van der Waals surface area contributed by atoms with E-state index < -0.39 is 0 Å². The van der Waals surface area contributed by atoms with Crippen LogP contribution in [0.15, 0.2) is 0 Å². The molecule has 0 aromatic rings. The maximum Gasteiger partial charge on any atom is 0.0670 e. The Morgan fingerprint density at radius 3 is 2.83 bits per heavy atom. The molecule has 0 aromatic heterocycles. The van der Waals surface area contributed by atoms with Gasteiger partial charge in [-0.25, -0.2) is 0 Å². The minimum absolute atomic E-state index is 0.0115. The lowest BCUT2D eigenvalue weighted by molar-refractivity contribution is -0.130. The second kappa shape index (κ2) is 5.70. The van der Waals surface area contributed by atoms with Crippen LogP contribution in [0.25, 0.3) is 0 Å². The average Bonchev–Trinajstić information content (AvgIpc) is 2.91. The Balaban J connectivity index is 2.13. The highest BCUT2D eigenvalue weighted by molar-refractivity contribution is 7.99. The van der Waals surface area contributed by atoms with Crippen molar-refractivity contribution >= 4 is 11.8 Å². The molecule has 3 nitrogen and oxygen atoms in total. The van der Waals surface area contributed by atoms with Gasteiger partial charge in [-0.3, -0.25) is 4.90 Å². The number of nitrogens with two attached hydrogens (primary N) is 1. The molecule has 2 aliphatic heterocycles. The normalized spacial score (nSPS) is 41.5. The molecular weight excluding hydrogens is 244 g/mol. The van der Waals surface area contributed by atoms with Gasteiger partial charge in [-0.05, 0) is 45.4 Å². The largest absolute Gasteiger partial charge is 0.375 e. The number of rotatable bonds is 4. The van der Waals surface area contributed by atoms with Crippen molar-refractivity contribution in [2.75, 3.05) is 31.7 Å². The second-order valence-corrected chi connectivity index (χ2v) is 7.29. The first-order valence-corrected chi connectivity index (χ1v) is 8.35. The summed E-state index contributed by atoms with van der Waals surface area (Å²) in [6.45, 7) is 6.07. The van der Waals surface area contributed by atoms with Gasteiger partial charge in [0.1, 0.15) is 0 Å². The molecule has 2 N–H and O–H groups in total. The second-order valence-electron chi connectivity index (χ2n) is 6.14. The molecule has 4 heteroatoms. The highest BCUT2D eigenvalue weighted by Crippen LogP contribution is 2.39. The lowest BCUT2D eigenvalue weighted by Gasteiger charge is -2.52. The molecule has 3 atom stereocenters. The van der Waals surface area contributed by atoms with Crippen LogP contribution in [0.5, 0.6) is 0 Å². The quantitative estimate of drug-likeness (QED) is 0.850. The van der Waals surface area contributed by atoms with Crippen molar-refractivity contribution in [1.82, 2.24) is 4.90 Å². The van der Waals surface area contributed by atoms with Crippen molar-refractivity contribution < 1.29 is 4.74 Å². The van der Waals surface area contributed by atoms with E-state index >= 15 is 0 Å². The molecule has 3 unspecified atom stereocenters. The predicted octanol–water partition coefficient (Wildman–Crippen LogP) is 2.10. The Labute approximate surface area is 116 Å². The van der Waals surface area contributed by atoms with E-state index in [2.05, 4.69) is 37.6 Å². The van der Waals surface area contributed by atoms with Crippen molar-refractivity contribution in [2.24, 2.45) is 5.73 Å². The Morgan fingerprint density at radius 1 is 1.50 bits per heavy atom. The number of thioether (sulfide) groups is 1. The SMILES string of the molecule is CCC1(C)CC(CN)(N(C)C2CCSC2)CCO1. The summed E-state index contributed by atoms with van der Waals surface area (Å²) in [5, 5.41) is 0. The number of nitrogens with zero attached hydrogens (tertiary/aromatic N) is 1. The van der Waals surface area contributed by atoms with E-state index in [0.717, 1.165) is 32.4 Å². The van der Waals surface area contributed by atoms with E-state index in [4.69, 9.17) is 10.5 Å². The summed E-state index contributed by atoms with van der Waals surface area (Å²) in [5.41, 5.74) is 6.34. The van der Waals surface area contributed by atoms with Gasteiger partial charge in [0.15, 0.2) is 0 Å². The molecule has 0 spiro atoms. The van der Waals surface area contributed by atoms with Gasteiger partial charge in [0.25, 0.3) is 0 Å². The van der Waals surface area contributed by atoms with Crippen LogP contribution in [0.3, 0.4) is 0 Å². The van der Waals surface area contributed by atoms with Crippen molar-refractivity contribution in [3.63, 3.8) is 0 Å². The zero-order valence-electron chi connectivity index (χ0n) is 12.1. The number of ether oxygens (including phenoxy) is 1. The first-order chi connectivity index (χ1) is 8.55. The third-order valence-electron chi connectivity index (χ3n) is 5.05. The summed E-state index contributed by atoms with van der Waals surface area (Å²) in [7, 11) is 2.28. The van der Waals surface area contributed by atoms with Crippen molar-refractivity contribution in [3.05, 3.63) is 0 Å². The predicted molar refractivity (Wildman–Crippen MR) is 79.2 cm³/mol. The van der Waals surface area contributed by atoms with Gasteiger partial charge < -0.3 is 10.5 Å². The summed E-state index contributed by atoms with van der Waals surface area (Å²) in [5.74, 6) is 2.57. The van der Waals surface area contributed by atoms with Gasteiger partial charge in [-0.2, -0.15) is 11.8 Å². The molecular formula is C14H28N2OS. The number of hydrogen-bond donors (Lipinski definition) is 1. The van der Waals surface area contributed by atoms with Gasteiger partial charge >= 0.3 is 0 Å². The molecule has 18 heavy (non-hydrogen) atoms. The molecule has 0 bridgehead atoms. The third-order valence-corrected chi connectivity index (χ3v) is 6.20. The molecule has 106 valence electrons. The van der Waals surface area contributed by atoms with Crippen LogP contribution in [0, 0.1) is 0 Å². The molecule has 0 aromatic carbocycles. The maximum absolute atomic E-state index is 6.18. The van der Waals surface area contributed by atoms with Gasteiger partial charge in [0, 0.05) is 30.5 Å². The summed E-state index contributed by atoms with van der Waals surface area (Å²) in [6.07, 6.45) is 4.54. The Kier molecular flexibility index (Phi) is 4.63. The average molecular weight is 272 g/mol. The van der Waals surface area contributed by atoms with Gasteiger partial charge in [0.05, 0.1) is 5.60 Å². The summed E-state index contributed by atoms with van der Waals surface area (Å²) in [4.78, 5) is 2.59. The number of hydrogen-bond acceptors (Lipinski definition) is 4. The van der Waals surface area contributed by atoms with Crippen molar-refractivity contribution in [1.29, 1.82) is 0 Å². The maximum atomic E-state index is 6.18. The molecule has 0 aliphatic carbocycles. The van der Waals surface area contributed by atoms with Crippen LogP contribution in [-0.4, -0.2) is 53.8 Å². The van der Waals surface area contributed by atoms with E-state index in [1.165, 1.54) is 17.9 Å². The first-order valence-electron chi connectivity index (χ1n) is 7.20. The van der Waals surface area contributed by atoms with Crippen LogP contribution in [0.4, 0.5) is 0 Å². The molecule has 0 saturated carbocycles. The van der Waals surface area contributed by atoms with Crippen LogP contribution in [0.1, 0.15) is 39.5 Å². The van der Waals surface area contributed by atoms with E-state index in [-0.39, 0.29) is 11.1 Å². The molecule has 2 rings (SSSR count). The standard InChI is InChI=1S/C14H28N2OS/c1-4-13(2)10-14(11-15,6-7-17-13)16(3)12-5-8-18-9-12/h12H,4-11,15H2,1-3H3. The molecule has 2 heterocycles. The monoisotopic (exact) mass is 272 g/mol. The van der Waals surface area contributed by atoms with Gasteiger partial charge in [-0.15, -0.1) is 0 Å². The summed E-state index contributed by atoms with van der Waals surface area (Å²) < 4.78 is 6.00. The van der Waals surface area contributed by atoms with Crippen LogP contribution in [0.2, 0.25) is 0 Å². The van der Waals surface area contributed by atoms with E-state index in [0.29, 0.717) is 6.04 Å². The highest BCUT2D eigenvalue weighted by atomic mass is 32.2. The minimum atomic E-state index is 0.0115. The van der Waals surface area contributed by atoms with Gasteiger partial charge in [-0.1, -0.05) is 6.92 Å². The first kappa shape index (κ1) is 14.6. The smallest absolute Gasteiger partial charge is 0.0670 e. The van der Waals surface area contributed by atoms with E-state index in [9.17, 15) is 0 Å². The molecule has 0 amide bonds. The Bertz CT molecular complexity index is 283. The topological polar surface area (TPSA) is 38.5 Å². The van der Waals surface area contributed by atoms with Crippen LogP contribution in [-0.2, 0) is 4.74 Å². The van der Waals surface area contributed by atoms with Crippen LogP contribution >= 0.6 is 11.8 Å². The Morgan fingerprint density at radius 2 is 2.28 bits per heavy atom. The van der Waals surface area contributed by atoms with Gasteiger partial charge in [0.2, 0.25) is 0 Å². The Hall–Kier alpha value is 0.230. The lowest BCUT2D eigenvalue weighted by Crippen LogP contribution is -2.62. The fourth-order valence-electron chi connectivity index (χ4n) is 3.38. The van der Waals surface area contributed by atoms with Crippen molar-refractivity contribution in [3.8, 4) is 0 Å². The third kappa shape index (κ3) is 2.72. The molecule has 2 aliphatic rings. The number of likely N-dealkylation sites (N-methyl/N-ethyl adjacent to an activating group) is 1. The summed E-state index contributed by atoms with van der Waals surface area (Å²) in [6, 6.07) is 0.706. The molecule has 2 saturated heterocycles. The minimum Gasteiger partial charge on any atom is -0.375 e. The van der Waals surface area contributed by atoms with E-state index in [1.54, 1.807) is 0 Å².